The van der Waals surface area contributed by atoms with E-state index < -0.39 is 10.0 Å². The van der Waals surface area contributed by atoms with Crippen molar-refractivity contribution in [1.82, 2.24) is 0 Å². The van der Waals surface area contributed by atoms with E-state index in [4.69, 9.17) is 10.5 Å². The van der Waals surface area contributed by atoms with E-state index in [0.717, 1.165) is 11.3 Å². The smallest absolute Gasteiger partial charge is 0.271 e. The van der Waals surface area contributed by atoms with Gasteiger partial charge in [0.2, 0.25) is 0 Å². The molecule has 0 aliphatic heterocycles. The van der Waals surface area contributed by atoms with Crippen LogP contribution in [-0.2, 0) is 10.0 Å². The maximum atomic E-state index is 12.0. The van der Waals surface area contributed by atoms with Crippen LogP contribution < -0.4 is 15.2 Å². The number of nitrogen functional groups attached to an aromatic ring is 1. The first kappa shape index (κ1) is 12.7. The number of benzene rings is 1. The third-order valence-corrected chi connectivity index (χ3v) is 4.99. The second kappa shape index (κ2) is 4.87. The Hall–Kier alpha value is -1.73. The van der Waals surface area contributed by atoms with Gasteiger partial charge in [-0.05, 0) is 23.6 Å². The van der Waals surface area contributed by atoms with E-state index in [0.29, 0.717) is 17.1 Å². The third kappa shape index (κ3) is 2.57. The van der Waals surface area contributed by atoms with Crippen molar-refractivity contribution in [2.24, 2.45) is 0 Å². The topological polar surface area (TPSA) is 81.4 Å². The van der Waals surface area contributed by atoms with Gasteiger partial charge < -0.3 is 10.5 Å². The Kier molecular flexibility index (Phi) is 3.44. The largest absolute Gasteiger partial charge is 0.494 e. The molecule has 1 aromatic carbocycles. The van der Waals surface area contributed by atoms with Crippen LogP contribution >= 0.6 is 11.3 Å². The lowest BCUT2D eigenvalue weighted by Crippen LogP contribution is -2.12. The molecule has 0 unspecified atom stereocenters. The standard InChI is InChI=1S/C11H12N2O3S2/c1-16-10-7-8(12)4-5-9(10)13-18(14,15)11-3-2-6-17-11/h2-7,13H,12H2,1H3. The van der Waals surface area contributed by atoms with Crippen molar-refractivity contribution in [3.63, 3.8) is 0 Å². The number of rotatable bonds is 4. The van der Waals surface area contributed by atoms with Gasteiger partial charge in [-0.2, -0.15) is 0 Å². The van der Waals surface area contributed by atoms with Crippen LogP contribution in [0.25, 0.3) is 0 Å². The lowest BCUT2D eigenvalue weighted by molar-refractivity contribution is 0.417. The van der Waals surface area contributed by atoms with Crippen LogP contribution in [-0.4, -0.2) is 15.5 Å². The lowest BCUT2D eigenvalue weighted by Gasteiger charge is -2.11. The molecule has 0 spiro atoms. The molecule has 18 heavy (non-hydrogen) atoms. The van der Waals surface area contributed by atoms with Crippen LogP contribution in [0, 0.1) is 0 Å². The second-order valence-corrected chi connectivity index (χ2v) is 6.35. The zero-order valence-electron chi connectivity index (χ0n) is 9.58. The van der Waals surface area contributed by atoms with Crippen LogP contribution in [0.5, 0.6) is 5.75 Å². The highest BCUT2D eigenvalue weighted by Gasteiger charge is 2.17. The molecule has 1 aromatic heterocycles. The van der Waals surface area contributed by atoms with Gasteiger partial charge in [0, 0.05) is 11.8 Å². The fourth-order valence-corrected chi connectivity index (χ4v) is 3.47. The molecule has 0 atom stereocenters. The zero-order valence-corrected chi connectivity index (χ0v) is 11.2. The minimum Gasteiger partial charge on any atom is -0.494 e. The number of nitrogens with one attached hydrogen (secondary N) is 1. The highest BCUT2D eigenvalue weighted by atomic mass is 32.2. The number of ether oxygens (including phenoxy) is 1. The predicted octanol–water partition coefficient (Wildman–Crippen LogP) is 2.14. The molecule has 0 radical (unpaired) electrons. The predicted molar refractivity (Wildman–Crippen MR) is 72.5 cm³/mol. The van der Waals surface area contributed by atoms with Gasteiger partial charge in [-0.3, -0.25) is 4.72 Å². The van der Waals surface area contributed by atoms with Crippen LogP contribution in [0.2, 0.25) is 0 Å². The van der Waals surface area contributed by atoms with E-state index in [1.54, 1.807) is 29.6 Å². The number of nitrogens with two attached hydrogens (primary N) is 1. The quantitative estimate of drug-likeness (QED) is 0.843. The van der Waals surface area contributed by atoms with E-state index in [1.807, 2.05) is 0 Å². The van der Waals surface area contributed by atoms with E-state index in [2.05, 4.69) is 4.72 Å². The lowest BCUT2D eigenvalue weighted by atomic mass is 10.2. The first-order valence-corrected chi connectivity index (χ1v) is 7.39. The summed E-state index contributed by atoms with van der Waals surface area (Å²) in [4.78, 5) is 0. The van der Waals surface area contributed by atoms with Crippen molar-refractivity contribution in [3.05, 3.63) is 35.7 Å². The maximum Gasteiger partial charge on any atom is 0.271 e. The number of anilines is 2. The molecule has 7 heteroatoms. The summed E-state index contributed by atoms with van der Waals surface area (Å²) >= 11 is 1.15. The number of hydrogen-bond acceptors (Lipinski definition) is 5. The average Bonchev–Trinajstić information content (AvgIpc) is 2.85. The van der Waals surface area contributed by atoms with Crippen molar-refractivity contribution >= 4 is 32.7 Å². The van der Waals surface area contributed by atoms with Crippen molar-refractivity contribution in [2.45, 2.75) is 4.21 Å². The summed E-state index contributed by atoms with van der Waals surface area (Å²) in [7, 11) is -2.11. The molecule has 3 N–H and O–H groups in total. The van der Waals surface area contributed by atoms with E-state index in [-0.39, 0.29) is 4.21 Å². The van der Waals surface area contributed by atoms with Gasteiger partial charge in [0.15, 0.2) is 0 Å². The summed E-state index contributed by atoms with van der Waals surface area (Å²) in [6.45, 7) is 0. The Labute approximate surface area is 109 Å². The number of methoxy groups -OCH3 is 1. The summed E-state index contributed by atoms with van der Waals surface area (Å²) in [5.41, 5.74) is 6.47. The minimum absolute atomic E-state index is 0.251. The molecule has 0 saturated heterocycles. The molecule has 5 nitrogen and oxygen atoms in total. The Bertz CT molecular complexity index is 636. The molecule has 96 valence electrons. The van der Waals surface area contributed by atoms with Gasteiger partial charge in [0.25, 0.3) is 10.0 Å². The maximum absolute atomic E-state index is 12.0. The summed E-state index contributed by atoms with van der Waals surface area (Å²) in [5.74, 6) is 0.384. The SMILES string of the molecule is COc1cc(N)ccc1NS(=O)(=O)c1cccs1. The molecule has 0 aliphatic carbocycles. The number of hydrogen-bond donors (Lipinski definition) is 2. The van der Waals surface area contributed by atoms with E-state index in [9.17, 15) is 8.42 Å². The first-order chi connectivity index (χ1) is 8.53. The first-order valence-electron chi connectivity index (χ1n) is 5.03. The average molecular weight is 284 g/mol. The van der Waals surface area contributed by atoms with Crippen molar-refractivity contribution < 1.29 is 13.2 Å². The summed E-state index contributed by atoms with van der Waals surface area (Å²) in [6, 6.07) is 7.95. The van der Waals surface area contributed by atoms with Gasteiger partial charge in [0.05, 0.1) is 12.8 Å². The fourth-order valence-electron chi connectivity index (χ4n) is 1.40. The second-order valence-electron chi connectivity index (χ2n) is 3.50. The molecule has 0 amide bonds. The van der Waals surface area contributed by atoms with Gasteiger partial charge in [-0.25, -0.2) is 8.42 Å². The van der Waals surface area contributed by atoms with E-state index >= 15 is 0 Å². The molecule has 0 saturated carbocycles. The molecule has 2 aromatic rings. The van der Waals surface area contributed by atoms with Crippen molar-refractivity contribution in [2.75, 3.05) is 17.6 Å². The molecular formula is C11H12N2O3S2. The molecule has 0 fully saturated rings. The molecule has 0 bridgehead atoms. The highest BCUT2D eigenvalue weighted by molar-refractivity contribution is 7.94. The van der Waals surface area contributed by atoms with Crippen LogP contribution in [0.4, 0.5) is 11.4 Å². The summed E-state index contributed by atoms with van der Waals surface area (Å²) in [5, 5.41) is 1.70. The molecule has 0 aliphatic rings. The van der Waals surface area contributed by atoms with E-state index in [1.165, 1.54) is 13.2 Å². The highest BCUT2D eigenvalue weighted by Crippen LogP contribution is 2.29. The molecule has 2 rings (SSSR count). The Morgan fingerprint density at radius 2 is 2.11 bits per heavy atom. The Morgan fingerprint density at radius 3 is 2.72 bits per heavy atom. The minimum atomic E-state index is -3.57. The van der Waals surface area contributed by atoms with Crippen LogP contribution in [0.15, 0.2) is 39.9 Å². The molecule has 1 heterocycles. The zero-order chi connectivity index (χ0) is 13.2. The monoisotopic (exact) mass is 284 g/mol. The number of sulfonamides is 1. The van der Waals surface area contributed by atoms with Gasteiger partial charge in [-0.15, -0.1) is 11.3 Å². The summed E-state index contributed by atoms with van der Waals surface area (Å²) < 4.78 is 31.9. The number of thiophene rings is 1. The fraction of sp³-hybridized carbons (Fsp3) is 0.0909. The van der Waals surface area contributed by atoms with Gasteiger partial charge >= 0.3 is 0 Å². The van der Waals surface area contributed by atoms with Crippen LogP contribution in [0.3, 0.4) is 0 Å². The summed E-state index contributed by atoms with van der Waals surface area (Å²) in [6.07, 6.45) is 0. The Balaban J connectivity index is 2.35. The van der Waals surface area contributed by atoms with Crippen molar-refractivity contribution in [1.29, 1.82) is 0 Å². The normalized spacial score (nSPS) is 11.2. The third-order valence-electron chi connectivity index (χ3n) is 2.23. The molecular weight excluding hydrogens is 272 g/mol. The Morgan fingerprint density at radius 1 is 1.33 bits per heavy atom. The van der Waals surface area contributed by atoms with Gasteiger partial charge in [-0.1, -0.05) is 6.07 Å². The van der Waals surface area contributed by atoms with Crippen LogP contribution in [0.1, 0.15) is 0 Å². The van der Waals surface area contributed by atoms with Crippen molar-refractivity contribution in [3.8, 4) is 5.75 Å². The van der Waals surface area contributed by atoms with Gasteiger partial charge in [0.1, 0.15) is 9.96 Å².